The van der Waals surface area contributed by atoms with Gasteiger partial charge in [-0.05, 0) is 5.92 Å². The molecule has 8 heteroatoms. The van der Waals surface area contributed by atoms with Crippen LogP contribution in [0.1, 0.15) is 19.3 Å². The largest absolute Gasteiger partial charge is 0.550 e. The third-order valence-electron chi connectivity index (χ3n) is 2.77. The maximum Gasteiger partial charge on any atom is 0.309 e. The van der Waals surface area contributed by atoms with E-state index in [-0.39, 0.29) is 12.8 Å². The summed E-state index contributed by atoms with van der Waals surface area (Å²) in [5.41, 5.74) is 0. The molecule has 0 saturated heterocycles. The van der Waals surface area contributed by atoms with Gasteiger partial charge in [-0.3, -0.25) is 14.4 Å². The molecule has 1 unspecified atom stereocenters. The van der Waals surface area contributed by atoms with E-state index in [0.717, 1.165) is 21.3 Å². The zero-order valence-electron chi connectivity index (χ0n) is 11.5. The number of carboxylic acid groups (broad SMARTS) is 1. The van der Waals surface area contributed by atoms with Gasteiger partial charge in [-0.25, -0.2) is 0 Å². The number of ether oxygens (including phenoxy) is 3. The van der Waals surface area contributed by atoms with Crippen molar-refractivity contribution in [2.75, 3.05) is 21.3 Å². The summed E-state index contributed by atoms with van der Waals surface area (Å²) in [5, 5.41) is 10.7. The summed E-state index contributed by atoms with van der Waals surface area (Å²) in [7, 11) is 3.37. The monoisotopic (exact) mass is 289 g/mol. The van der Waals surface area contributed by atoms with Crippen molar-refractivity contribution in [1.29, 1.82) is 0 Å². The van der Waals surface area contributed by atoms with E-state index in [9.17, 15) is 24.3 Å². The first-order valence-electron chi connectivity index (χ1n) is 5.77. The minimum absolute atomic E-state index is 0.307. The maximum absolute atomic E-state index is 11.6. The third-order valence-corrected chi connectivity index (χ3v) is 2.77. The Morgan fingerprint density at radius 1 is 0.850 bits per heavy atom. The Kier molecular flexibility index (Phi) is 7.95. The van der Waals surface area contributed by atoms with Crippen molar-refractivity contribution < 1.29 is 38.5 Å². The minimum Gasteiger partial charge on any atom is -0.550 e. The van der Waals surface area contributed by atoms with E-state index in [0.29, 0.717) is 0 Å². The molecule has 0 heterocycles. The highest BCUT2D eigenvalue weighted by Crippen LogP contribution is 2.25. The Balaban J connectivity index is 5.15. The van der Waals surface area contributed by atoms with Crippen LogP contribution in [0, 0.1) is 11.8 Å². The van der Waals surface area contributed by atoms with Crippen molar-refractivity contribution in [3.63, 3.8) is 0 Å². The molecule has 0 aliphatic heterocycles. The maximum atomic E-state index is 11.6. The van der Waals surface area contributed by atoms with Crippen molar-refractivity contribution in [3.05, 3.63) is 0 Å². The highest BCUT2D eigenvalue weighted by molar-refractivity contribution is 5.81. The first kappa shape index (κ1) is 17.9. The summed E-state index contributed by atoms with van der Waals surface area (Å²) in [6.45, 7) is 0. The van der Waals surface area contributed by atoms with Crippen molar-refractivity contribution >= 4 is 23.9 Å². The molecule has 0 aromatic rings. The molecule has 0 aromatic heterocycles. The van der Waals surface area contributed by atoms with Gasteiger partial charge in [0.1, 0.15) is 0 Å². The van der Waals surface area contributed by atoms with Gasteiger partial charge < -0.3 is 24.1 Å². The molecular weight excluding hydrogens is 272 g/mol. The smallest absolute Gasteiger partial charge is 0.309 e. The number of carbonyl (C=O) groups is 4. The molecule has 114 valence electrons. The molecule has 0 fully saturated rings. The molecule has 0 aromatic carbocycles. The van der Waals surface area contributed by atoms with Crippen LogP contribution in [0.4, 0.5) is 0 Å². The molecule has 0 aliphatic rings. The molecule has 0 N–H and O–H groups in total. The summed E-state index contributed by atoms with van der Waals surface area (Å²) >= 11 is 0. The molecule has 20 heavy (non-hydrogen) atoms. The van der Waals surface area contributed by atoms with Gasteiger partial charge in [-0.15, -0.1) is 0 Å². The number of methoxy groups -OCH3 is 3. The van der Waals surface area contributed by atoms with Crippen LogP contribution in [-0.2, 0) is 33.4 Å². The first-order valence-corrected chi connectivity index (χ1v) is 5.77. The van der Waals surface area contributed by atoms with Gasteiger partial charge in [-0.1, -0.05) is 0 Å². The topological polar surface area (TPSA) is 119 Å². The van der Waals surface area contributed by atoms with Gasteiger partial charge in [0.05, 0.1) is 27.2 Å². The van der Waals surface area contributed by atoms with Gasteiger partial charge in [0.25, 0.3) is 0 Å². The Morgan fingerprint density at radius 2 is 1.30 bits per heavy atom. The van der Waals surface area contributed by atoms with Crippen molar-refractivity contribution in [2.24, 2.45) is 11.8 Å². The quantitative estimate of drug-likeness (QED) is 0.398. The molecule has 0 saturated carbocycles. The van der Waals surface area contributed by atoms with E-state index in [1.165, 1.54) is 0 Å². The number of esters is 3. The first-order chi connectivity index (χ1) is 9.35. The fourth-order valence-corrected chi connectivity index (χ4v) is 1.72. The van der Waals surface area contributed by atoms with Crippen LogP contribution in [0.25, 0.3) is 0 Å². The van der Waals surface area contributed by atoms with E-state index in [2.05, 4.69) is 14.2 Å². The van der Waals surface area contributed by atoms with E-state index in [1.54, 1.807) is 0 Å². The van der Waals surface area contributed by atoms with E-state index < -0.39 is 42.1 Å². The summed E-state index contributed by atoms with van der Waals surface area (Å²) < 4.78 is 13.4. The molecule has 0 rings (SSSR count). The average Bonchev–Trinajstić information content (AvgIpc) is 2.42. The molecule has 0 aliphatic carbocycles. The molecule has 8 nitrogen and oxygen atoms in total. The van der Waals surface area contributed by atoms with Gasteiger partial charge in [0.2, 0.25) is 0 Å². The van der Waals surface area contributed by atoms with Gasteiger partial charge in [-0.2, -0.15) is 0 Å². The zero-order chi connectivity index (χ0) is 15.7. The van der Waals surface area contributed by atoms with Crippen LogP contribution in [0.3, 0.4) is 0 Å². The predicted octanol–water partition coefficient (Wildman–Crippen LogP) is -1.34. The Morgan fingerprint density at radius 3 is 1.60 bits per heavy atom. The number of rotatable bonds is 8. The summed E-state index contributed by atoms with van der Waals surface area (Å²) in [6.07, 6.45) is -1.28. The third kappa shape index (κ3) is 6.17. The van der Waals surface area contributed by atoms with E-state index in [4.69, 9.17) is 0 Å². The number of carbonyl (C=O) groups excluding carboxylic acids is 4. The Labute approximate surface area is 116 Å². The molecule has 0 radical (unpaired) electrons. The lowest BCUT2D eigenvalue weighted by atomic mass is 9.84. The Bertz CT molecular complexity index is 358. The molecule has 0 amide bonds. The van der Waals surface area contributed by atoms with Crippen molar-refractivity contribution in [2.45, 2.75) is 19.3 Å². The predicted molar refractivity (Wildman–Crippen MR) is 61.9 cm³/mol. The minimum atomic E-state index is -1.49. The molecule has 0 bridgehead atoms. The second kappa shape index (κ2) is 8.89. The highest BCUT2D eigenvalue weighted by atomic mass is 16.5. The average molecular weight is 289 g/mol. The van der Waals surface area contributed by atoms with Gasteiger partial charge >= 0.3 is 17.9 Å². The van der Waals surface area contributed by atoms with Crippen LogP contribution in [-0.4, -0.2) is 45.2 Å². The molecule has 0 spiro atoms. The summed E-state index contributed by atoms with van der Waals surface area (Å²) in [5.74, 6) is -5.77. The number of hydrogen-bond donors (Lipinski definition) is 0. The second-order valence-corrected chi connectivity index (χ2v) is 4.03. The van der Waals surface area contributed by atoms with Gasteiger partial charge in [0.15, 0.2) is 0 Å². The SMILES string of the molecule is COC(=O)CC(CC(=O)OC)C(CC(=O)[O-])C(=O)OC. The lowest BCUT2D eigenvalue weighted by molar-refractivity contribution is -0.307. The fraction of sp³-hybridized carbons (Fsp3) is 0.667. The van der Waals surface area contributed by atoms with Crippen LogP contribution in [0.15, 0.2) is 0 Å². The standard InChI is InChI=1S/C12H18O8/c1-18-10(15)4-7(5-11(16)19-2)8(6-9(13)14)12(17)20-3/h7-8H,4-6H2,1-3H3,(H,13,14)/p-1. The number of carboxylic acids is 1. The van der Waals surface area contributed by atoms with Crippen molar-refractivity contribution in [3.8, 4) is 0 Å². The lowest BCUT2D eigenvalue weighted by Crippen LogP contribution is -2.35. The summed E-state index contributed by atoms with van der Waals surface area (Å²) in [4.78, 5) is 44.9. The Hall–Kier alpha value is -2.12. The zero-order valence-corrected chi connectivity index (χ0v) is 11.5. The summed E-state index contributed by atoms with van der Waals surface area (Å²) in [6, 6.07) is 0. The van der Waals surface area contributed by atoms with Crippen LogP contribution in [0.2, 0.25) is 0 Å². The normalized spacial score (nSPS) is 11.6. The van der Waals surface area contributed by atoms with Crippen LogP contribution < -0.4 is 5.11 Å². The van der Waals surface area contributed by atoms with E-state index >= 15 is 0 Å². The van der Waals surface area contributed by atoms with Crippen LogP contribution in [0.5, 0.6) is 0 Å². The second-order valence-electron chi connectivity index (χ2n) is 4.03. The van der Waals surface area contributed by atoms with Crippen LogP contribution >= 0.6 is 0 Å². The molecule has 1 atom stereocenters. The number of hydrogen-bond acceptors (Lipinski definition) is 8. The fourth-order valence-electron chi connectivity index (χ4n) is 1.72. The number of aliphatic carboxylic acids is 1. The van der Waals surface area contributed by atoms with Gasteiger partial charge in [0, 0.05) is 25.2 Å². The van der Waals surface area contributed by atoms with Crippen molar-refractivity contribution in [1.82, 2.24) is 0 Å². The highest BCUT2D eigenvalue weighted by Gasteiger charge is 2.33. The van der Waals surface area contributed by atoms with E-state index in [1.807, 2.05) is 0 Å². The lowest BCUT2D eigenvalue weighted by Gasteiger charge is -2.23. The molecular formula is C12H17O8-.